The molecule has 1 aromatic carbocycles. The second kappa shape index (κ2) is 10.8. The lowest BCUT2D eigenvalue weighted by Crippen LogP contribution is -2.44. The Balaban J connectivity index is 1.39. The summed E-state index contributed by atoms with van der Waals surface area (Å²) in [7, 11) is 0. The second-order valence-electron chi connectivity index (χ2n) is 12.1. The van der Waals surface area contributed by atoms with Crippen LogP contribution in [0.15, 0.2) is 42.6 Å². The lowest BCUT2D eigenvalue weighted by atomic mass is 9.73. The Hall–Kier alpha value is -1.81. The van der Waals surface area contributed by atoms with Gasteiger partial charge in [0.15, 0.2) is 0 Å². The van der Waals surface area contributed by atoms with Crippen LogP contribution >= 0.6 is 0 Å². The highest BCUT2D eigenvalue weighted by molar-refractivity contribution is 5.74. The Morgan fingerprint density at radius 1 is 1.12 bits per heavy atom. The van der Waals surface area contributed by atoms with Crippen LogP contribution in [0.4, 0.5) is 0 Å². The zero-order chi connectivity index (χ0) is 24.3. The fourth-order valence-electron chi connectivity index (χ4n) is 7.35. The molecule has 2 N–H and O–H groups in total. The molecular weight excluding hydrogens is 420 g/mol. The van der Waals surface area contributed by atoms with Crippen molar-refractivity contribution in [2.75, 3.05) is 13.2 Å². The average Bonchev–Trinajstić information content (AvgIpc) is 3.05. The van der Waals surface area contributed by atoms with E-state index in [1.54, 1.807) is 0 Å². The number of nitrogens with two attached hydrogens (primary N) is 1. The van der Waals surface area contributed by atoms with Crippen LogP contribution in [-0.4, -0.2) is 36.1 Å². The molecule has 2 aliphatic carbocycles. The zero-order valence-electron chi connectivity index (χ0n) is 21.7. The van der Waals surface area contributed by atoms with Crippen LogP contribution in [0.1, 0.15) is 90.0 Å². The molecule has 0 aromatic heterocycles. The Bertz CT molecular complexity index is 825. The fourth-order valence-corrected chi connectivity index (χ4v) is 7.35. The maximum absolute atomic E-state index is 11.3. The molecule has 1 amide bonds. The van der Waals surface area contributed by atoms with Gasteiger partial charge in [-0.25, -0.2) is 0 Å². The molecule has 1 aliphatic heterocycles. The van der Waals surface area contributed by atoms with Crippen LogP contribution in [0.25, 0.3) is 0 Å². The molecule has 0 spiro atoms. The third-order valence-corrected chi connectivity index (χ3v) is 9.20. The van der Waals surface area contributed by atoms with Crippen molar-refractivity contribution >= 4 is 5.91 Å². The highest BCUT2D eigenvalue weighted by Crippen LogP contribution is 2.50. The molecule has 3 fully saturated rings. The van der Waals surface area contributed by atoms with Gasteiger partial charge >= 0.3 is 0 Å². The number of benzene rings is 1. The lowest BCUT2D eigenvalue weighted by molar-refractivity contribution is -0.123. The van der Waals surface area contributed by atoms with Crippen molar-refractivity contribution < 1.29 is 9.53 Å². The highest BCUT2D eigenvalue weighted by atomic mass is 16.5. The topological polar surface area (TPSA) is 55.6 Å². The molecule has 188 valence electrons. The van der Waals surface area contributed by atoms with E-state index < -0.39 is 0 Å². The van der Waals surface area contributed by atoms with Crippen LogP contribution in [0.5, 0.6) is 0 Å². The number of likely N-dealkylation sites (tertiary alicyclic amines) is 1. The normalized spacial score (nSPS) is 35.7. The van der Waals surface area contributed by atoms with E-state index in [9.17, 15) is 4.79 Å². The highest BCUT2D eigenvalue weighted by Gasteiger charge is 2.49. The predicted molar refractivity (Wildman–Crippen MR) is 139 cm³/mol. The Labute approximate surface area is 207 Å². The van der Waals surface area contributed by atoms with Gasteiger partial charge in [0, 0.05) is 23.2 Å². The number of amides is 1. The van der Waals surface area contributed by atoms with Crippen LogP contribution in [0.3, 0.4) is 0 Å². The molecule has 4 heteroatoms. The number of rotatable bonds is 10. The number of hydrogen-bond donors (Lipinski definition) is 1. The number of hydrogen-bond acceptors (Lipinski definition) is 3. The molecule has 1 saturated heterocycles. The van der Waals surface area contributed by atoms with Crippen molar-refractivity contribution in [3.8, 4) is 0 Å². The van der Waals surface area contributed by atoms with Crippen molar-refractivity contribution in [3.63, 3.8) is 0 Å². The Morgan fingerprint density at radius 3 is 2.41 bits per heavy atom. The van der Waals surface area contributed by atoms with E-state index in [1.165, 1.54) is 62.6 Å². The predicted octanol–water partition coefficient (Wildman–Crippen LogP) is 6.27. The first-order valence-electron chi connectivity index (χ1n) is 13.6. The van der Waals surface area contributed by atoms with Gasteiger partial charge in [-0.05, 0) is 93.9 Å². The number of ether oxygens (including phenoxy) is 1. The monoisotopic (exact) mass is 466 g/mol. The standard InChI is InChI=1S/C30H46N2O2/c1-21-16-27(17-21)23(3)32-22(2)18-30(4,20-34-19-29(31)33)28(32)15-12-24-10-13-26(14-11-24)25-8-6-5-7-9-25/h5-9,21-22,24,26-28H,3,10-20H2,1-2,4H3,(H2,31,33). The van der Waals surface area contributed by atoms with E-state index in [0.717, 1.165) is 24.2 Å². The number of allylic oxidation sites excluding steroid dienone is 1. The van der Waals surface area contributed by atoms with Crippen LogP contribution in [0, 0.1) is 23.2 Å². The molecule has 1 heterocycles. The first-order chi connectivity index (χ1) is 16.3. The fraction of sp³-hybridized carbons (Fsp3) is 0.700. The smallest absolute Gasteiger partial charge is 0.243 e. The number of carbonyl (C=O) groups is 1. The second-order valence-corrected chi connectivity index (χ2v) is 12.1. The molecule has 0 bridgehead atoms. The maximum atomic E-state index is 11.3. The molecule has 3 aliphatic rings. The van der Waals surface area contributed by atoms with Crippen molar-refractivity contribution in [2.45, 2.75) is 96.6 Å². The number of carbonyl (C=O) groups excluding carboxylic acids is 1. The van der Waals surface area contributed by atoms with E-state index >= 15 is 0 Å². The van der Waals surface area contributed by atoms with Crippen molar-refractivity contribution in [2.24, 2.45) is 28.9 Å². The van der Waals surface area contributed by atoms with E-state index in [-0.39, 0.29) is 17.9 Å². The third-order valence-electron chi connectivity index (χ3n) is 9.20. The molecule has 3 unspecified atom stereocenters. The van der Waals surface area contributed by atoms with Crippen LogP contribution in [-0.2, 0) is 9.53 Å². The van der Waals surface area contributed by atoms with Gasteiger partial charge in [-0.3, -0.25) is 4.79 Å². The molecule has 34 heavy (non-hydrogen) atoms. The molecular formula is C30H46N2O2. The molecule has 0 radical (unpaired) electrons. The molecule has 3 atom stereocenters. The summed E-state index contributed by atoms with van der Waals surface area (Å²) in [6.45, 7) is 12.3. The molecule has 4 nitrogen and oxygen atoms in total. The van der Waals surface area contributed by atoms with E-state index in [1.807, 2.05) is 0 Å². The van der Waals surface area contributed by atoms with Gasteiger partial charge in [-0.2, -0.15) is 0 Å². The van der Waals surface area contributed by atoms with E-state index in [4.69, 9.17) is 10.5 Å². The van der Waals surface area contributed by atoms with E-state index in [2.05, 4.69) is 62.6 Å². The Kier molecular flexibility index (Phi) is 8.07. The van der Waals surface area contributed by atoms with Crippen molar-refractivity contribution in [3.05, 3.63) is 48.2 Å². The summed E-state index contributed by atoms with van der Waals surface area (Å²) in [4.78, 5) is 14.0. The summed E-state index contributed by atoms with van der Waals surface area (Å²) in [6.07, 6.45) is 11.4. The minimum atomic E-state index is -0.383. The van der Waals surface area contributed by atoms with Gasteiger partial charge in [-0.1, -0.05) is 50.8 Å². The van der Waals surface area contributed by atoms with E-state index in [0.29, 0.717) is 24.6 Å². The van der Waals surface area contributed by atoms with Gasteiger partial charge in [-0.15, -0.1) is 0 Å². The minimum absolute atomic E-state index is 0.0152. The lowest BCUT2D eigenvalue weighted by Gasteiger charge is -2.45. The SMILES string of the molecule is C=C(C1CC(C)C1)N1C(C)CC(C)(COCC(N)=O)C1CCC1CCC(c2ccccc2)CC1. The Morgan fingerprint density at radius 2 is 1.79 bits per heavy atom. The van der Waals surface area contributed by atoms with Crippen molar-refractivity contribution in [1.82, 2.24) is 4.90 Å². The summed E-state index contributed by atoms with van der Waals surface area (Å²) in [5, 5.41) is 0. The molecule has 4 rings (SSSR count). The average molecular weight is 467 g/mol. The minimum Gasteiger partial charge on any atom is -0.371 e. The van der Waals surface area contributed by atoms with Crippen LogP contribution in [0.2, 0.25) is 0 Å². The first-order valence-corrected chi connectivity index (χ1v) is 13.6. The van der Waals surface area contributed by atoms with Crippen LogP contribution < -0.4 is 5.73 Å². The maximum Gasteiger partial charge on any atom is 0.243 e. The first kappa shape index (κ1) is 25.3. The van der Waals surface area contributed by atoms with Gasteiger partial charge < -0.3 is 15.4 Å². The largest absolute Gasteiger partial charge is 0.371 e. The van der Waals surface area contributed by atoms with Gasteiger partial charge in [0.1, 0.15) is 6.61 Å². The van der Waals surface area contributed by atoms with Crippen molar-refractivity contribution in [1.29, 1.82) is 0 Å². The summed E-state index contributed by atoms with van der Waals surface area (Å²) in [6, 6.07) is 11.9. The quantitative estimate of drug-likeness (QED) is 0.442. The van der Waals surface area contributed by atoms with Gasteiger partial charge in [0.05, 0.1) is 6.61 Å². The molecule has 2 saturated carbocycles. The van der Waals surface area contributed by atoms with Gasteiger partial charge in [0.25, 0.3) is 0 Å². The molecule has 1 aromatic rings. The zero-order valence-corrected chi connectivity index (χ0v) is 21.7. The third kappa shape index (κ3) is 5.70. The number of nitrogens with zero attached hydrogens (tertiary/aromatic N) is 1. The summed E-state index contributed by atoms with van der Waals surface area (Å²) in [5.74, 6) is 2.61. The summed E-state index contributed by atoms with van der Waals surface area (Å²) >= 11 is 0. The summed E-state index contributed by atoms with van der Waals surface area (Å²) in [5.41, 5.74) is 8.24. The number of primary amides is 1. The van der Waals surface area contributed by atoms with Gasteiger partial charge in [0.2, 0.25) is 5.91 Å². The summed E-state index contributed by atoms with van der Waals surface area (Å²) < 4.78 is 5.83.